The predicted molar refractivity (Wildman–Crippen MR) is 120 cm³/mol. The van der Waals surface area contributed by atoms with Gasteiger partial charge >= 0.3 is 5.69 Å². The number of hydrogen-bond donors (Lipinski definition) is 1. The van der Waals surface area contributed by atoms with E-state index in [-0.39, 0.29) is 30.2 Å². The first-order valence-corrected chi connectivity index (χ1v) is 10.6. The second kappa shape index (κ2) is 8.15. The van der Waals surface area contributed by atoms with Gasteiger partial charge in [0.2, 0.25) is 0 Å². The average Bonchev–Trinajstić information content (AvgIpc) is 2.75. The molecule has 7 nitrogen and oxygen atoms in total. The van der Waals surface area contributed by atoms with E-state index in [4.69, 9.17) is 4.74 Å². The van der Waals surface area contributed by atoms with Gasteiger partial charge in [-0.3, -0.25) is 14.2 Å². The number of ether oxygens (including phenoxy) is 1. The van der Waals surface area contributed by atoms with Gasteiger partial charge in [-0.15, -0.1) is 0 Å². The fraction of sp³-hybridized carbons (Fsp3) is 0.375. The van der Waals surface area contributed by atoms with Crippen molar-refractivity contribution in [3.63, 3.8) is 0 Å². The molecule has 3 aromatic rings. The summed E-state index contributed by atoms with van der Waals surface area (Å²) in [5.41, 5.74) is 3.36. The Morgan fingerprint density at radius 2 is 1.94 bits per heavy atom. The zero-order chi connectivity index (χ0) is 22.3. The summed E-state index contributed by atoms with van der Waals surface area (Å²) in [5.74, 6) is -0.145. The van der Waals surface area contributed by atoms with Gasteiger partial charge in [0, 0.05) is 12.1 Å². The lowest BCUT2D eigenvalue weighted by atomic mass is 9.98. The van der Waals surface area contributed by atoms with Crippen LogP contribution in [0.1, 0.15) is 47.0 Å². The number of rotatable bonds is 3. The van der Waals surface area contributed by atoms with E-state index in [1.807, 2.05) is 25.7 Å². The van der Waals surface area contributed by atoms with E-state index in [9.17, 15) is 14.4 Å². The van der Waals surface area contributed by atoms with Crippen LogP contribution in [0.25, 0.3) is 10.9 Å². The number of H-pyrrole nitrogens is 1. The minimum absolute atomic E-state index is 0.0864. The lowest BCUT2D eigenvalue weighted by Gasteiger charge is -2.38. The van der Waals surface area contributed by atoms with Crippen molar-refractivity contribution >= 4 is 16.8 Å². The molecule has 0 aliphatic carbocycles. The maximum Gasteiger partial charge on any atom is 0.328 e. The van der Waals surface area contributed by atoms with Crippen LogP contribution >= 0.6 is 0 Å². The van der Waals surface area contributed by atoms with Crippen molar-refractivity contribution in [3.05, 3.63) is 79.5 Å². The first kappa shape index (κ1) is 21.1. The standard InChI is InChI=1S/C24H27N3O4/c1-5-26-23(29)18-9-8-17(11-20(18)25-24(26)30)22(28)27-12-21(31-13-16(27)4)19-10-14(2)6-7-15(19)3/h6-11,16,21H,5,12-13H2,1-4H3,(H,25,30). The average molecular weight is 421 g/mol. The second-order valence-corrected chi connectivity index (χ2v) is 8.23. The van der Waals surface area contributed by atoms with E-state index < -0.39 is 5.69 Å². The van der Waals surface area contributed by atoms with Crippen molar-refractivity contribution in [2.75, 3.05) is 13.2 Å². The number of nitrogens with zero attached hydrogens (tertiary/aromatic N) is 2. The number of nitrogens with one attached hydrogen (secondary N) is 1. The summed E-state index contributed by atoms with van der Waals surface area (Å²) in [6, 6.07) is 11.0. The van der Waals surface area contributed by atoms with Crippen LogP contribution in [0.4, 0.5) is 0 Å². The number of carbonyl (C=O) groups is 1. The quantitative estimate of drug-likeness (QED) is 0.705. The molecule has 1 N–H and O–H groups in total. The van der Waals surface area contributed by atoms with Crippen molar-refractivity contribution < 1.29 is 9.53 Å². The molecule has 2 aromatic carbocycles. The number of hydrogen-bond acceptors (Lipinski definition) is 4. The summed E-state index contributed by atoms with van der Waals surface area (Å²) in [4.78, 5) is 42.6. The molecule has 1 aromatic heterocycles. The van der Waals surface area contributed by atoms with Gasteiger partial charge in [-0.1, -0.05) is 23.8 Å². The van der Waals surface area contributed by atoms with Gasteiger partial charge < -0.3 is 14.6 Å². The molecule has 1 saturated heterocycles. The van der Waals surface area contributed by atoms with Crippen LogP contribution in [0.3, 0.4) is 0 Å². The van der Waals surface area contributed by atoms with Crippen molar-refractivity contribution in [1.29, 1.82) is 0 Å². The zero-order valence-corrected chi connectivity index (χ0v) is 18.3. The van der Waals surface area contributed by atoms with Gasteiger partial charge in [0.05, 0.1) is 30.1 Å². The number of benzene rings is 2. The maximum absolute atomic E-state index is 13.4. The second-order valence-electron chi connectivity index (χ2n) is 8.23. The molecule has 2 unspecified atom stereocenters. The Hall–Kier alpha value is -3.19. The number of amides is 1. The summed E-state index contributed by atoms with van der Waals surface area (Å²) in [6.45, 7) is 8.96. The number of carbonyl (C=O) groups excluding carboxylic acids is 1. The lowest BCUT2D eigenvalue weighted by molar-refractivity contribution is -0.0489. The van der Waals surface area contributed by atoms with E-state index in [1.54, 1.807) is 25.1 Å². The molecule has 0 spiro atoms. The summed E-state index contributed by atoms with van der Waals surface area (Å²) >= 11 is 0. The highest BCUT2D eigenvalue weighted by Gasteiger charge is 2.32. The SMILES string of the molecule is CCn1c(=O)[nH]c2cc(C(=O)N3CC(c4cc(C)ccc4C)OCC3C)ccc2c1=O. The summed E-state index contributed by atoms with van der Waals surface area (Å²) < 4.78 is 7.21. The number of morpholine rings is 1. The van der Waals surface area contributed by atoms with Crippen molar-refractivity contribution in [1.82, 2.24) is 14.5 Å². The first-order chi connectivity index (χ1) is 14.8. The molecule has 1 aliphatic rings. The van der Waals surface area contributed by atoms with Gasteiger partial charge in [-0.2, -0.15) is 0 Å². The molecule has 4 rings (SSSR count). The largest absolute Gasteiger partial charge is 0.370 e. The Labute approximate surface area is 180 Å². The molecule has 7 heteroatoms. The molecule has 162 valence electrons. The number of aryl methyl sites for hydroxylation is 2. The zero-order valence-electron chi connectivity index (χ0n) is 18.3. The fourth-order valence-electron chi connectivity index (χ4n) is 4.18. The van der Waals surface area contributed by atoms with Crippen LogP contribution in [0, 0.1) is 13.8 Å². The van der Waals surface area contributed by atoms with Crippen molar-refractivity contribution in [2.24, 2.45) is 0 Å². The maximum atomic E-state index is 13.4. The molecule has 0 saturated carbocycles. The molecule has 2 atom stereocenters. The molecule has 31 heavy (non-hydrogen) atoms. The highest BCUT2D eigenvalue weighted by molar-refractivity contribution is 5.97. The third-order valence-corrected chi connectivity index (χ3v) is 6.02. The highest BCUT2D eigenvalue weighted by atomic mass is 16.5. The van der Waals surface area contributed by atoms with Gasteiger partial charge in [-0.05, 0) is 57.0 Å². The predicted octanol–water partition coefficient (Wildman–Crippen LogP) is 2.93. The van der Waals surface area contributed by atoms with Crippen LogP contribution in [-0.4, -0.2) is 39.6 Å². The van der Waals surface area contributed by atoms with Crippen molar-refractivity contribution in [2.45, 2.75) is 46.4 Å². The van der Waals surface area contributed by atoms with Gasteiger partial charge in [0.25, 0.3) is 11.5 Å². The third kappa shape index (κ3) is 3.81. The minimum Gasteiger partial charge on any atom is -0.370 e. The van der Waals surface area contributed by atoms with E-state index >= 15 is 0 Å². The van der Waals surface area contributed by atoms with Crippen molar-refractivity contribution in [3.8, 4) is 0 Å². The molecular formula is C24H27N3O4. The lowest BCUT2D eigenvalue weighted by Crippen LogP contribution is -2.48. The molecule has 1 amide bonds. The first-order valence-electron chi connectivity index (χ1n) is 10.6. The third-order valence-electron chi connectivity index (χ3n) is 6.02. The molecule has 1 aliphatic heterocycles. The smallest absolute Gasteiger partial charge is 0.328 e. The number of fused-ring (bicyclic) bond motifs is 1. The highest BCUT2D eigenvalue weighted by Crippen LogP contribution is 2.29. The number of aromatic nitrogens is 2. The normalized spacial score (nSPS) is 19.0. The van der Waals surface area contributed by atoms with Gasteiger partial charge in [0.15, 0.2) is 0 Å². The Morgan fingerprint density at radius 1 is 1.16 bits per heavy atom. The summed E-state index contributed by atoms with van der Waals surface area (Å²) in [6.07, 6.45) is -0.197. The van der Waals surface area contributed by atoms with Crippen LogP contribution in [-0.2, 0) is 11.3 Å². The van der Waals surface area contributed by atoms with E-state index in [0.29, 0.717) is 29.6 Å². The topological polar surface area (TPSA) is 84.4 Å². The molecule has 1 fully saturated rings. The van der Waals surface area contributed by atoms with Gasteiger partial charge in [0.1, 0.15) is 6.10 Å². The van der Waals surface area contributed by atoms with E-state index in [0.717, 1.165) is 21.3 Å². The summed E-state index contributed by atoms with van der Waals surface area (Å²) in [7, 11) is 0. The molecule has 0 bridgehead atoms. The minimum atomic E-state index is -0.473. The Balaban J connectivity index is 1.67. The molecular weight excluding hydrogens is 394 g/mol. The fourth-order valence-corrected chi connectivity index (χ4v) is 4.18. The van der Waals surface area contributed by atoms with Crippen LogP contribution < -0.4 is 11.2 Å². The van der Waals surface area contributed by atoms with Crippen LogP contribution in [0.5, 0.6) is 0 Å². The van der Waals surface area contributed by atoms with Crippen LogP contribution in [0.2, 0.25) is 0 Å². The van der Waals surface area contributed by atoms with E-state index in [2.05, 4.69) is 23.2 Å². The Kier molecular flexibility index (Phi) is 5.54. The summed E-state index contributed by atoms with van der Waals surface area (Å²) in [5, 5.41) is 0.390. The van der Waals surface area contributed by atoms with E-state index in [1.165, 1.54) is 0 Å². The van der Waals surface area contributed by atoms with Gasteiger partial charge in [-0.25, -0.2) is 4.79 Å². The molecule has 2 heterocycles. The Morgan fingerprint density at radius 3 is 2.68 bits per heavy atom. The monoisotopic (exact) mass is 421 g/mol. The van der Waals surface area contributed by atoms with Crippen LogP contribution in [0.15, 0.2) is 46.0 Å². The molecule has 0 radical (unpaired) electrons. The number of aromatic amines is 1. The Bertz CT molecular complexity index is 1270.